The smallest absolute Gasteiger partial charge is 0.358 e. The fourth-order valence-corrected chi connectivity index (χ4v) is 4.22. The van der Waals surface area contributed by atoms with Crippen molar-refractivity contribution in [3.63, 3.8) is 0 Å². The van der Waals surface area contributed by atoms with Gasteiger partial charge in [0.05, 0.1) is 33.1 Å². The summed E-state index contributed by atoms with van der Waals surface area (Å²) in [5.41, 5.74) is 2.03. The van der Waals surface area contributed by atoms with Crippen LogP contribution in [0, 0.1) is 12.8 Å². The SMILES string of the molecule is Cc1nc(-c2sc(Cl)cc2CO)ccc1OOC(=O)C1CCCCC1. The van der Waals surface area contributed by atoms with Crippen molar-refractivity contribution >= 4 is 28.9 Å². The predicted molar refractivity (Wildman–Crippen MR) is 96.5 cm³/mol. The average Bonchev–Trinajstić information content (AvgIpc) is 3.02. The third-order valence-corrected chi connectivity index (χ3v) is 5.70. The molecule has 0 amide bonds. The lowest BCUT2D eigenvalue weighted by molar-refractivity contribution is -0.220. The first-order valence-electron chi connectivity index (χ1n) is 8.34. The van der Waals surface area contributed by atoms with Crippen LogP contribution in [-0.2, 0) is 16.3 Å². The Hall–Kier alpha value is -1.63. The van der Waals surface area contributed by atoms with E-state index in [2.05, 4.69) is 4.98 Å². The third-order valence-electron chi connectivity index (χ3n) is 4.37. The van der Waals surface area contributed by atoms with E-state index in [4.69, 9.17) is 21.4 Å². The maximum Gasteiger partial charge on any atom is 0.358 e. The highest BCUT2D eigenvalue weighted by molar-refractivity contribution is 7.19. The van der Waals surface area contributed by atoms with Gasteiger partial charge in [-0.3, -0.25) is 9.78 Å². The highest BCUT2D eigenvalue weighted by Crippen LogP contribution is 2.35. The van der Waals surface area contributed by atoms with Gasteiger partial charge in [-0.25, -0.2) is 9.78 Å². The molecular formula is C18H20ClNO4S. The molecule has 0 atom stereocenters. The molecule has 2 heterocycles. The molecule has 2 aromatic heterocycles. The summed E-state index contributed by atoms with van der Waals surface area (Å²) in [6.07, 6.45) is 5.03. The molecule has 1 saturated carbocycles. The number of pyridine rings is 1. The molecule has 2 aromatic rings. The molecule has 0 saturated heterocycles. The topological polar surface area (TPSA) is 68.7 Å². The van der Waals surface area contributed by atoms with Gasteiger partial charge in [-0.1, -0.05) is 30.9 Å². The molecule has 134 valence electrons. The molecule has 0 aliphatic heterocycles. The summed E-state index contributed by atoms with van der Waals surface area (Å²) >= 11 is 7.38. The molecule has 1 N–H and O–H groups in total. The van der Waals surface area contributed by atoms with Crippen LogP contribution in [0.5, 0.6) is 5.75 Å². The largest absolute Gasteiger partial charge is 0.392 e. The minimum Gasteiger partial charge on any atom is -0.392 e. The number of hydrogen-bond acceptors (Lipinski definition) is 6. The number of carbonyl (C=O) groups excluding carboxylic acids is 1. The van der Waals surface area contributed by atoms with Crippen LogP contribution < -0.4 is 4.89 Å². The lowest BCUT2D eigenvalue weighted by Gasteiger charge is -2.19. The van der Waals surface area contributed by atoms with Crippen molar-refractivity contribution in [1.82, 2.24) is 4.98 Å². The van der Waals surface area contributed by atoms with Gasteiger partial charge in [-0.2, -0.15) is 0 Å². The number of aliphatic hydroxyl groups is 1. The fourth-order valence-electron chi connectivity index (χ4n) is 2.98. The molecule has 5 nitrogen and oxygen atoms in total. The van der Waals surface area contributed by atoms with Crippen molar-refractivity contribution in [3.8, 4) is 16.3 Å². The summed E-state index contributed by atoms with van der Waals surface area (Å²) in [6, 6.07) is 5.20. The van der Waals surface area contributed by atoms with Gasteiger partial charge < -0.3 is 5.11 Å². The molecule has 1 fully saturated rings. The Morgan fingerprint density at radius 2 is 2.12 bits per heavy atom. The van der Waals surface area contributed by atoms with E-state index in [0.29, 0.717) is 21.5 Å². The minimum absolute atomic E-state index is 0.0679. The predicted octanol–water partition coefficient (Wildman–Crippen LogP) is 4.68. The Labute approximate surface area is 155 Å². The Morgan fingerprint density at radius 1 is 1.36 bits per heavy atom. The van der Waals surface area contributed by atoms with Crippen LogP contribution in [0.1, 0.15) is 43.4 Å². The van der Waals surface area contributed by atoms with Crippen LogP contribution in [0.4, 0.5) is 0 Å². The molecule has 0 bridgehead atoms. The van der Waals surface area contributed by atoms with E-state index in [0.717, 1.165) is 36.1 Å². The zero-order valence-corrected chi connectivity index (χ0v) is 15.5. The van der Waals surface area contributed by atoms with Crippen molar-refractivity contribution in [2.75, 3.05) is 0 Å². The maximum absolute atomic E-state index is 12.0. The average molecular weight is 382 g/mol. The number of nitrogens with zero attached hydrogens (tertiary/aromatic N) is 1. The monoisotopic (exact) mass is 381 g/mol. The highest BCUT2D eigenvalue weighted by Gasteiger charge is 2.24. The van der Waals surface area contributed by atoms with E-state index in [1.165, 1.54) is 17.8 Å². The van der Waals surface area contributed by atoms with Crippen molar-refractivity contribution in [2.45, 2.75) is 45.6 Å². The van der Waals surface area contributed by atoms with Gasteiger partial charge in [0.1, 0.15) is 0 Å². The van der Waals surface area contributed by atoms with Crippen molar-refractivity contribution in [2.24, 2.45) is 5.92 Å². The second-order valence-corrected chi connectivity index (χ2v) is 7.85. The molecule has 1 aliphatic carbocycles. The van der Waals surface area contributed by atoms with E-state index in [1.807, 2.05) is 0 Å². The van der Waals surface area contributed by atoms with E-state index in [9.17, 15) is 9.90 Å². The van der Waals surface area contributed by atoms with E-state index in [-0.39, 0.29) is 18.5 Å². The second-order valence-electron chi connectivity index (χ2n) is 6.16. The number of aromatic nitrogens is 1. The first-order chi connectivity index (χ1) is 12.1. The Morgan fingerprint density at radius 3 is 2.80 bits per heavy atom. The number of thiophene rings is 1. The third kappa shape index (κ3) is 4.32. The standard InChI is InChI=1S/C18H20ClNO4S/c1-11-15(23-24-18(22)12-5-3-2-4-6-12)8-7-14(20-11)17-13(10-21)9-16(19)25-17/h7-9,12,21H,2-6,10H2,1H3. The summed E-state index contributed by atoms with van der Waals surface area (Å²) < 4.78 is 0.597. The number of hydrogen-bond donors (Lipinski definition) is 1. The fraction of sp³-hybridized carbons (Fsp3) is 0.444. The lowest BCUT2D eigenvalue weighted by atomic mass is 9.89. The van der Waals surface area contributed by atoms with Crippen LogP contribution in [0.3, 0.4) is 0 Å². The minimum atomic E-state index is -0.309. The normalized spacial score (nSPS) is 15.2. The van der Waals surface area contributed by atoms with Gasteiger partial charge in [-0.05, 0) is 43.5 Å². The van der Waals surface area contributed by atoms with Crippen LogP contribution in [0.2, 0.25) is 4.34 Å². The van der Waals surface area contributed by atoms with Gasteiger partial charge in [-0.15, -0.1) is 11.3 Å². The number of aryl methyl sites for hydroxylation is 1. The molecule has 0 spiro atoms. The van der Waals surface area contributed by atoms with Crippen LogP contribution in [0.15, 0.2) is 18.2 Å². The molecule has 25 heavy (non-hydrogen) atoms. The Balaban J connectivity index is 1.68. The number of rotatable bonds is 5. The molecular weight excluding hydrogens is 362 g/mol. The summed E-state index contributed by atoms with van der Waals surface area (Å²) in [7, 11) is 0. The van der Waals surface area contributed by atoms with Crippen molar-refractivity contribution < 1.29 is 19.7 Å². The van der Waals surface area contributed by atoms with Crippen molar-refractivity contribution in [1.29, 1.82) is 0 Å². The van der Waals surface area contributed by atoms with E-state index < -0.39 is 0 Å². The first-order valence-corrected chi connectivity index (χ1v) is 9.53. The van der Waals surface area contributed by atoms with Gasteiger partial charge in [0.2, 0.25) is 0 Å². The highest BCUT2D eigenvalue weighted by atomic mass is 35.5. The Kier molecular flexibility index (Phi) is 5.93. The van der Waals surface area contributed by atoms with Gasteiger partial charge >= 0.3 is 5.97 Å². The van der Waals surface area contributed by atoms with E-state index >= 15 is 0 Å². The molecule has 3 rings (SSSR count). The number of carbonyl (C=O) groups is 1. The quantitative estimate of drug-likeness (QED) is 0.601. The zero-order valence-electron chi connectivity index (χ0n) is 14.0. The summed E-state index contributed by atoms with van der Waals surface area (Å²) in [4.78, 5) is 27.6. The zero-order chi connectivity index (χ0) is 17.8. The van der Waals surface area contributed by atoms with Crippen molar-refractivity contribution in [3.05, 3.63) is 33.8 Å². The number of aliphatic hydroxyl groups excluding tert-OH is 1. The second kappa shape index (κ2) is 8.17. The van der Waals surface area contributed by atoms with E-state index in [1.54, 1.807) is 25.1 Å². The van der Waals surface area contributed by atoms with Gasteiger partial charge in [0.15, 0.2) is 5.75 Å². The maximum atomic E-state index is 12.0. The summed E-state index contributed by atoms with van der Waals surface area (Å²) in [5.74, 6) is 0.0264. The lowest BCUT2D eigenvalue weighted by Crippen LogP contribution is -2.21. The number of halogens is 1. The molecule has 7 heteroatoms. The summed E-state index contributed by atoms with van der Waals surface area (Å²) in [6.45, 7) is 1.68. The Bertz CT molecular complexity index is 756. The van der Waals surface area contributed by atoms with Crippen LogP contribution in [0.25, 0.3) is 10.6 Å². The van der Waals surface area contributed by atoms with Gasteiger partial charge in [0, 0.05) is 0 Å². The first kappa shape index (κ1) is 18.2. The molecule has 0 unspecified atom stereocenters. The molecule has 0 radical (unpaired) electrons. The summed E-state index contributed by atoms with van der Waals surface area (Å²) in [5, 5.41) is 9.42. The molecule has 1 aliphatic rings. The molecule has 0 aromatic carbocycles. The van der Waals surface area contributed by atoms with Crippen LogP contribution in [-0.4, -0.2) is 16.1 Å². The van der Waals surface area contributed by atoms with Gasteiger partial charge in [0.25, 0.3) is 0 Å². The van der Waals surface area contributed by atoms with Crippen LogP contribution >= 0.6 is 22.9 Å².